The molecule has 9 heteroatoms. The summed E-state index contributed by atoms with van der Waals surface area (Å²) in [4.78, 5) is 26.6. The van der Waals surface area contributed by atoms with Crippen LogP contribution in [-0.4, -0.2) is 63.9 Å². The number of aromatic nitrogens is 2. The summed E-state index contributed by atoms with van der Waals surface area (Å²) in [5.41, 5.74) is 0.576. The van der Waals surface area contributed by atoms with Crippen LogP contribution in [0.4, 0.5) is 13.2 Å². The Bertz CT molecular complexity index is 682. The van der Waals surface area contributed by atoms with Gasteiger partial charge in [0.1, 0.15) is 6.54 Å². The molecule has 2 aliphatic heterocycles. The maximum absolute atomic E-state index is 12.4. The molecule has 6 nitrogen and oxygen atoms in total. The van der Waals surface area contributed by atoms with Crippen LogP contribution in [0.3, 0.4) is 0 Å². The van der Waals surface area contributed by atoms with E-state index in [1.165, 1.54) is 10.7 Å². The Hall–Kier alpha value is -1.90. The lowest BCUT2D eigenvalue weighted by atomic mass is 9.97. The molecular formula is C15H19F3N4O2. The van der Waals surface area contributed by atoms with Crippen LogP contribution in [0.5, 0.6) is 0 Å². The molecule has 0 aliphatic carbocycles. The normalized spacial score (nSPS) is 22.9. The number of carbonyl (C=O) groups excluding carboxylic acids is 1. The van der Waals surface area contributed by atoms with Crippen molar-refractivity contribution >= 4 is 5.91 Å². The topological polar surface area (TPSA) is 58.4 Å². The third kappa shape index (κ3) is 3.61. The van der Waals surface area contributed by atoms with E-state index < -0.39 is 24.7 Å². The molecule has 0 spiro atoms. The first kappa shape index (κ1) is 16.9. The Morgan fingerprint density at radius 2 is 1.96 bits per heavy atom. The van der Waals surface area contributed by atoms with Crippen molar-refractivity contribution in [1.29, 1.82) is 0 Å². The van der Waals surface area contributed by atoms with E-state index in [0.29, 0.717) is 26.1 Å². The first-order chi connectivity index (χ1) is 11.2. The fourth-order valence-electron chi connectivity index (χ4n) is 3.34. The summed E-state index contributed by atoms with van der Waals surface area (Å²) in [7, 11) is 0. The molecule has 0 aromatic carbocycles. The number of nitrogens with zero attached hydrogens (tertiary/aromatic N) is 4. The molecule has 1 amide bonds. The third-order valence-corrected chi connectivity index (χ3v) is 4.50. The molecule has 2 fully saturated rings. The predicted octanol–water partition coefficient (Wildman–Crippen LogP) is 0.647. The number of aryl methyl sites for hydroxylation is 1. The number of amides is 1. The van der Waals surface area contributed by atoms with E-state index in [4.69, 9.17) is 0 Å². The summed E-state index contributed by atoms with van der Waals surface area (Å²) in [6, 6.07) is 2.65. The predicted molar refractivity (Wildman–Crippen MR) is 79.3 cm³/mol. The van der Waals surface area contributed by atoms with Gasteiger partial charge in [-0.2, -0.15) is 18.3 Å². The van der Waals surface area contributed by atoms with Crippen molar-refractivity contribution in [1.82, 2.24) is 19.6 Å². The first-order valence-electron chi connectivity index (χ1n) is 7.87. The van der Waals surface area contributed by atoms with Crippen molar-refractivity contribution in [3.05, 3.63) is 28.2 Å². The largest absolute Gasteiger partial charge is 0.406 e. The highest BCUT2D eigenvalue weighted by atomic mass is 19.4. The summed E-state index contributed by atoms with van der Waals surface area (Å²) < 4.78 is 38.7. The molecule has 3 rings (SSSR count). The number of halogens is 3. The van der Waals surface area contributed by atoms with Crippen LogP contribution in [0.15, 0.2) is 16.9 Å². The number of likely N-dealkylation sites (tertiary alicyclic amines) is 2. The van der Waals surface area contributed by atoms with Gasteiger partial charge in [0.15, 0.2) is 0 Å². The molecule has 3 heterocycles. The minimum absolute atomic E-state index is 0.142. The molecule has 1 aromatic heterocycles. The molecule has 24 heavy (non-hydrogen) atoms. The maximum atomic E-state index is 12.4. The van der Waals surface area contributed by atoms with E-state index in [2.05, 4.69) is 5.10 Å². The number of alkyl halides is 3. The summed E-state index contributed by atoms with van der Waals surface area (Å²) in [5.74, 6) is -0.266. The second-order valence-corrected chi connectivity index (χ2v) is 6.49. The fourth-order valence-corrected chi connectivity index (χ4v) is 3.34. The second-order valence-electron chi connectivity index (χ2n) is 6.49. The highest BCUT2D eigenvalue weighted by Gasteiger charge is 2.44. The third-order valence-electron chi connectivity index (χ3n) is 4.50. The molecule has 2 aliphatic rings. The van der Waals surface area contributed by atoms with Gasteiger partial charge in [0.05, 0.1) is 18.3 Å². The monoisotopic (exact) mass is 344 g/mol. The first-order valence-corrected chi connectivity index (χ1v) is 7.87. The highest BCUT2D eigenvalue weighted by molar-refractivity contribution is 5.84. The van der Waals surface area contributed by atoms with Gasteiger partial charge >= 0.3 is 6.18 Å². The summed E-state index contributed by atoms with van der Waals surface area (Å²) in [6.45, 7) is 2.42. The minimum Gasteiger partial charge on any atom is -0.332 e. The van der Waals surface area contributed by atoms with Crippen molar-refractivity contribution in [2.24, 2.45) is 5.92 Å². The summed E-state index contributed by atoms with van der Waals surface area (Å²) in [5, 5.41) is 4.17. The van der Waals surface area contributed by atoms with Crippen LogP contribution in [0.2, 0.25) is 0 Å². The Balaban J connectivity index is 1.53. The fraction of sp³-hybridized carbons (Fsp3) is 0.667. The Kier molecular flexibility index (Phi) is 4.37. The van der Waals surface area contributed by atoms with Crippen LogP contribution in [0.1, 0.15) is 12.1 Å². The molecular weight excluding hydrogens is 325 g/mol. The van der Waals surface area contributed by atoms with Gasteiger partial charge in [-0.15, -0.1) is 0 Å². The van der Waals surface area contributed by atoms with E-state index in [1.807, 2.05) is 4.90 Å². The second kappa shape index (κ2) is 6.19. The van der Waals surface area contributed by atoms with E-state index in [-0.39, 0.29) is 18.0 Å². The average Bonchev–Trinajstić information content (AvgIpc) is 2.77. The average molecular weight is 344 g/mol. The van der Waals surface area contributed by atoms with Crippen LogP contribution in [-0.2, 0) is 11.3 Å². The van der Waals surface area contributed by atoms with Gasteiger partial charge in [0, 0.05) is 31.6 Å². The zero-order valence-electron chi connectivity index (χ0n) is 13.3. The van der Waals surface area contributed by atoms with Gasteiger partial charge in [-0.25, -0.2) is 4.68 Å². The molecule has 0 radical (unpaired) electrons. The van der Waals surface area contributed by atoms with E-state index in [9.17, 15) is 22.8 Å². The van der Waals surface area contributed by atoms with Gasteiger partial charge in [-0.05, 0) is 19.4 Å². The van der Waals surface area contributed by atoms with E-state index >= 15 is 0 Å². The molecule has 0 bridgehead atoms. The molecule has 0 saturated carbocycles. The van der Waals surface area contributed by atoms with E-state index in [0.717, 1.165) is 10.6 Å². The molecule has 0 N–H and O–H groups in total. The van der Waals surface area contributed by atoms with Gasteiger partial charge in [-0.3, -0.25) is 14.5 Å². The SMILES string of the molecule is Cc1ccc(=O)n(CC2CN(C3CCN(CC(F)(F)F)C3=O)C2)n1. The van der Waals surface area contributed by atoms with Gasteiger partial charge in [0.2, 0.25) is 5.91 Å². The van der Waals surface area contributed by atoms with Crippen molar-refractivity contribution in [2.75, 3.05) is 26.2 Å². The standard InChI is InChI=1S/C15H19F3N4O2/c1-10-2-3-13(23)22(19-10)8-11-6-21(7-11)12-4-5-20(14(12)24)9-15(16,17)18/h2-3,11-12H,4-9H2,1H3. The van der Waals surface area contributed by atoms with Crippen molar-refractivity contribution < 1.29 is 18.0 Å². The lowest BCUT2D eigenvalue weighted by Crippen LogP contribution is -2.56. The summed E-state index contributed by atoms with van der Waals surface area (Å²) in [6.07, 6.45) is -3.94. The van der Waals surface area contributed by atoms with Crippen molar-refractivity contribution in [3.8, 4) is 0 Å². The van der Waals surface area contributed by atoms with Gasteiger partial charge in [-0.1, -0.05) is 0 Å². The lowest BCUT2D eigenvalue weighted by Gasteiger charge is -2.42. The Labute approximate surface area is 136 Å². The molecule has 2 saturated heterocycles. The molecule has 1 atom stereocenters. The number of rotatable bonds is 4. The van der Waals surface area contributed by atoms with Crippen molar-refractivity contribution in [2.45, 2.75) is 32.1 Å². The van der Waals surface area contributed by atoms with E-state index in [1.54, 1.807) is 13.0 Å². The Morgan fingerprint density at radius 1 is 1.25 bits per heavy atom. The number of carbonyl (C=O) groups is 1. The van der Waals surface area contributed by atoms with Crippen LogP contribution >= 0.6 is 0 Å². The minimum atomic E-state index is -4.36. The smallest absolute Gasteiger partial charge is 0.332 e. The molecule has 1 unspecified atom stereocenters. The Morgan fingerprint density at radius 3 is 2.62 bits per heavy atom. The van der Waals surface area contributed by atoms with Crippen molar-refractivity contribution in [3.63, 3.8) is 0 Å². The summed E-state index contributed by atoms with van der Waals surface area (Å²) >= 11 is 0. The van der Waals surface area contributed by atoms with Gasteiger partial charge in [0.25, 0.3) is 5.56 Å². The molecule has 1 aromatic rings. The van der Waals surface area contributed by atoms with Crippen LogP contribution < -0.4 is 5.56 Å². The quantitative estimate of drug-likeness (QED) is 0.805. The van der Waals surface area contributed by atoms with Crippen LogP contribution in [0, 0.1) is 12.8 Å². The number of hydrogen-bond donors (Lipinski definition) is 0. The van der Waals surface area contributed by atoms with Gasteiger partial charge < -0.3 is 4.90 Å². The van der Waals surface area contributed by atoms with Crippen LogP contribution in [0.25, 0.3) is 0 Å². The lowest BCUT2D eigenvalue weighted by molar-refractivity contribution is -0.160. The molecule has 132 valence electrons. The highest BCUT2D eigenvalue weighted by Crippen LogP contribution is 2.28. The maximum Gasteiger partial charge on any atom is 0.406 e. The zero-order valence-corrected chi connectivity index (χ0v) is 13.3. The zero-order chi connectivity index (χ0) is 17.5. The number of hydrogen-bond acceptors (Lipinski definition) is 4.